The Morgan fingerprint density at radius 2 is 1.61 bits per heavy atom. The van der Waals surface area contributed by atoms with Gasteiger partial charge in [0, 0.05) is 41.0 Å². The number of nitro groups is 1. The smallest absolute Gasteiger partial charge is 0.336 e. The number of fused-ring (bicyclic) bond motifs is 1. The summed E-state index contributed by atoms with van der Waals surface area (Å²) in [5.74, 6) is 0. The highest BCUT2D eigenvalue weighted by Crippen LogP contribution is 2.18. The van der Waals surface area contributed by atoms with E-state index in [1.165, 1.54) is 30.3 Å². The van der Waals surface area contributed by atoms with E-state index in [1.54, 1.807) is 12.1 Å². The average molecular weight is 313 g/mol. The van der Waals surface area contributed by atoms with Crippen LogP contribution in [-0.4, -0.2) is 4.92 Å². The predicted molar refractivity (Wildman–Crippen MR) is 89.1 cm³/mol. The molecule has 2 aromatic carbocycles. The molecule has 1 aromatic heterocycles. The van der Waals surface area contributed by atoms with Crippen molar-refractivity contribution in [3.63, 3.8) is 0 Å². The standard InChI is InChI=1S/C10H9NO2.C6H6N2O2/c1-6-4-10(12)13-9-5-7(11)2-3-8(6)9;7-5-1-3-6(4-2-5)8(9)10/h2-5H,11H2,1H3;1-4H,7H2. The summed E-state index contributed by atoms with van der Waals surface area (Å²) in [4.78, 5) is 20.6. The van der Waals surface area contributed by atoms with Crippen LogP contribution in [0.4, 0.5) is 17.1 Å². The second-order valence-corrected chi connectivity index (χ2v) is 4.85. The molecular formula is C16H15N3O4. The van der Waals surface area contributed by atoms with E-state index in [0.717, 1.165) is 10.9 Å². The molecule has 0 aliphatic heterocycles. The summed E-state index contributed by atoms with van der Waals surface area (Å²) in [5.41, 5.74) is 13.2. The first kappa shape index (κ1) is 16.0. The van der Waals surface area contributed by atoms with Gasteiger partial charge in [-0.1, -0.05) is 0 Å². The molecule has 118 valence electrons. The van der Waals surface area contributed by atoms with E-state index in [9.17, 15) is 14.9 Å². The average Bonchev–Trinajstić information content (AvgIpc) is 2.47. The van der Waals surface area contributed by atoms with Crippen LogP contribution in [0.15, 0.2) is 57.7 Å². The minimum absolute atomic E-state index is 0.0641. The molecule has 0 saturated carbocycles. The highest BCUT2D eigenvalue weighted by atomic mass is 16.6. The van der Waals surface area contributed by atoms with E-state index in [0.29, 0.717) is 17.0 Å². The van der Waals surface area contributed by atoms with Crippen LogP contribution in [0.2, 0.25) is 0 Å². The molecule has 0 atom stereocenters. The van der Waals surface area contributed by atoms with E-state index in [2.05, 4.69) is 0 Å². The van der Waals surface area contributed by atoms with Crippen LogP contribution in [0, 0.1) is 17.0 Å². The Morgan fingerprint density at radius 1 is 1.00 bits per heavy atom. The third-order valence-corrected chi connectivity index (χ3v) is 3.08. The predicted octanol–water partition coefficient (Wildman–Crippen LogP) is 2.86. The summed E-state index contributed by atoms with van der Waals surface area (Å²) >= 11 is 0. The van der Waals surface area contributed by atoms with E-state index in [1.807, 2.05) is 13.0 Å². The van der Waals surface area contributed by atoms with Crippen LogP contribution in [0.3, 0.4) is 0 Å². The molecule has 0 aliphatic rings. The topological polar surface area (TPSA) is 125 Å². The summed E-state index contributed by atoms with van der Waals surface area (Å²) < 4.78 is 4.99. The molecule has 0 fully saturated rings. The molecule has 23 heavy (non-hydrogen) atoms. The fraction of sp³-hybridized carbons (Fsp3) is 0.0625. The van der Waals surface area contributed by atoms with Crippen LogP contribution in [0.1, 0.15) is 5.56 Å². The Kier molecular flexibility index (Phi) is 4.61. The monoisotopic (exact) mass is 313 g/mol. The first-order valence-electron chi connectivity index (χ1n) is 6.67. The normalized spacial score (nSPS) is 9.96. The lowest BCUT2D eigenvalue weighted by Crippen LogP contribution is -1.98. The van der Waals surface area contributed by atoms with Crippen LogP contribution in [-0.2, 0) is 0 Å². The van der Waals surface area contributed by atoms with Gasteiger partial charge in [0.1, 0.15) is 5.58 Å². The summed E-state index contributed by atoms with van der Waals surface area (Å²) in [5, 5.41) is 11.0. The van der Waals surface area contributed by atoms with E-state index >= 15 is 0 Å². The van der Waals surface area contributed by atoms with Gasteiger partial charge in [-0.15, -0.1) is 0 Å². The van der Waals surface area contributed by atoms with Gasteiger partial charge < -0.3 is 15.9 Å². The van der Waals surface area contributed by atoms with Crippen molar-refractivity contribution >= 4 is 28.0 Å². The molecule has 7 heteroatoms. The van der Waals surface area contributed by atoms with Gasteiger partial charge in [0.15, 0.2) is 0 Å². The largest absolute Gasteiger partial charge is 0.423 e. The van der Waals surface area contributed by atoms with Gasteiger partial charge in [-0.3, -0.25) is 10.1 Å². The third kappa shape index (κ3) is 4.07. The highest BCUT2D eigenvalue weighted by Gasteiger charge is 2.01. The van der Waals surface area contributed by atoms with Gasteiger partial charge in [-0.2, -0.15) is 0 Å². The highest BCUT2D eigenvalue weighted by molar-refractivity contribution is 5.82. The van der Waals surface area contributed by atoms with Gasteiger partial charge in [0.2, 0.25) is 0 Å². The van der Waals surface area contributed by atoms with Gasteiger partial charge in [-0.05, 0) is 36.8 Å². The zero-order valence-corrected chi connectivity index (χ0v) is 12.4. The minimum Gasteiger partial charge on any atom is -0.423 e. The van der Waals surface area contributed by atoms with E-state index < -0.39 is 4.92 Å². The third-order valence-electron chi connectivity index (χ3n) is 3.08. The number of nitro benzene ring substituents is 1. The number of nitrogen functional groups attached to an aromatic ring is 2. The number of aryl methyl sites for hydroxylation is 1. The van der Waals surface area contributed by atoms with Crippen LogP contribution in [0.25, 0.3) is 11.0 Å². The molecule has 1 heterocycles. The summed E-state index contributed by atoms with van der Waals surface area (Å²) in [6.45, 7) is 1.87. The van der Waals surface area contributed by atoms with Crippen LogP contribution >= 0.6 is 0 Å². The van der Waals surface area contributed by atoms with Crippen molar-refractivity contribution in [2.75, 3.05) is 11.5 Å². The van der Waals surface area contributed by atoms with Gasteiger partial charge in [0.05, 0.1) is 4.92 Å². The summed E-state index contributed by atoms with van der Waals surface area (Å²) in [6.07, 6.45) is 0. The van der Waals surface area contributed by atoms with E-state index in [4.69, 9.17) is 15.9 Å². The zero-order chi connectivity index (χ0) is 17.0. The number of nitrogens with two attached hydrogens (primary N) is 2. The summed E-state index contributed by atoms with van der Waals surface area (Å²) in [7, 11) is 0. The number of non-ortho nitro benzene ring substituents is 1. The van der Waals surface area contributed by atoms with Gasteiger partial charge >= 0.3 is 5.63 Å². The Bertz CT molecular complexity index is 901. The molecule has 3 aromatic rings. The molecule has 0 unspecified atom stereocenters. The van der Waals surface area contributed by atoms with Crippen molar-refractivity contribution in [2.45, 2.75) is 6.92 Å². The lowest BCUT2D eigenvalue weighted by atomic mass is 10.1. The molecule has 0 spiro atoms. The fourth-order valence-electron chi connectivity index (χ4n) is 1.94. The van der Waals surface area contributed by atoms with Crippen molar-refractivity contribution in [3.8, 4) is 0 Å². The molecule has 3 rings (SSSR count). The van der Waals surface area contributed by atoms with Crippen molar-refractivity contribution in [1.82, 2.24) is 0 Å². The number of rotatable bonds is 1. The molecular weight excluding hydrogens is 298 g/mol. The van der Waals surface area contributed by atoms with Gasteiger partial charge in [-0.25, -0.2) is 4.79 Å². The lowest BCUT2D eigenvalue weighted by Gasteiger charge is -2.00. The molecule has 0 saturated heterocycles. The maximum atomic E-state index is 11.0. The molecule has 0 amide bonds. The number of hydrogen-bond donors (Lipinski definition) is 2. The number of benzene rings is 2. The van der Waals surface area contributed by atoms with Crippen molar-refractivity contribution in [3.05, 3.63) is 74.6 Å². The van der Waals surface area contributed by atoms with E-state index in [-0.39, 0.29) is 11.3 Å². The van der Waals surface area contributed by atoms with Crippen molar-refractivity contribution in [2.24, 2.45) is 0 Å². The fourth-order valence-corrected chi connectivity index (χ4v) is 1.94. The van der Waals surface area contributed by atoms with Gasteiger partial charge in [0.25, 0.3) is 5.69 Å². The van der Waals surface area contributed by atoms with Crippen LogP contribution < -0.4 is 17.1 Å². The molecule has 4 N–H and O–H groups in total. The zero-order valence-electron chi connectivity index (χ0n) is 12.4. The number of hydrogen-bond acceptors (Lipinski definition) is 6. The molecule has 0 aliphatic carbocycles. The second kappa shape index (κ2) is 6.61. The number of nitrogens with zero attached hydrogens (tertiary/aromatic N) is 1. The maximum absolute atomic E-state index is 11.0. The van der Waals surface area contributed by atoms with Crippen molar-refractivity contribution < 1.29 is 9.34 Å². The second-order valence-electron chi connectivity index (χ2n) is 4.85. The SMILES string of the molecule is Cc1cc(=O)oc2cc(N)ccc12.Nc1ccc([N+](=O)[O-])cc1. The Balaban J connectivity index is 0.000000174. The Morgan fingerprint density at radius 3 is 2.22 bits per heavy atom. The van der Waals surface area contributed by atoms with Crippen molar-refractivity contribution in [1.29, 1.82) is 0 Å². The Hall–Kier alpha value is -3.35. The first-order chi connectivity index (χ1) is 10.9. The maximum Gasteiger partial charge on any atom is 0.336 e. The lowest BCUT2D eigenvalue weighted by molar-refractivity contribution is -0.384. The Labute approximate surface area is 131 Å². The van der Waals surface area contributed by atoms with Crippen LogP contribution in [0.5, 0.6) is 0 Å². The first-order valence-corrected chi connectivity index (χ1v) is 6.67. The summed E-state index contributed by atoms with van der Waals surface area (Å²) in [6, 6.07) is 12.5. The molecule has 0 bridgehead atoms. The number of anilines is 2. The molecule has 0 radical (unpaired) electrons. The minimum atomic E-state index is -0.459. The molecule has 7 nitrogen and oxygen atoms in total. The quantitative estimate of drug-likeness (QED) is 0.308.